The Morgan fingerprint density at radius 3 is 2.92 bits per heavy atom. The Hall–Kier alpha value is -3.72. The van der Waals surface area contributed by atoms with Gasteiger partial charge in [-0.25, -0.2) is 4.98 Å². The number of likely N-dealkylation sites (N-methyl/N-ethyl adjacent to an activating group) is 1. The summed E-state index contributed by atoms with van der Waals surface area (Å²) in [4.78, 5) is 48.5. The van der Waals surface area contributed by atoms with Crippen LogP contribution in [0.3, 0.4) is 0 Å². The summed E-state index contributed by atoms with van der Waals surface area (Å²) in [6, 6.07) is 9.61. The number of likely N-dealkylation sites (tertiary alicyclic amines) is 1. The molecule has 1 aromatic heterocycles. The molecular weight excluding hydrogens is 470 g/mol. The van der Waals surface area contributed by atoms with E-state index in [4.69, 9.17) is 4.74 Å². The van der Waals surface area contributed by atoms with Crippen molar-refractivity contribution in [1.82, 2.24) is 25.1 Å². The van der Waals surface area contributed by atoms with Crippen LogP contribution >= 0.6 is 0 Å². The van der Waals surface area contributed by atoms with Crippen molar-refractivity contribution in [2.24, 2.45) is 0 Å². The number of amides is 2. The zero-order chi connectivity index (χ0) is 25.6. The Labute approximate surface area is 215 Å². The number of hydrogen-bond acceptors (Lipinski definition) is 6. The topological polar surface area (TPSA) is 108 Å². The Kier molecular flexibility index (Phi) is 5.95. The van der Waals surface area contributed by atoms with E-state index in [1.807, 2.05) is 12.1 Å². The number of carbonyl (C=O) groups is 3. The number of H-pyrrole nitrogens is 1. The van der Waals surface area contributed by atoms with Gasteiger partial charge in [-0.05, 0) is 61.7 Å². The maximum Gasteiger partial charge on any atom is 0.255 e. The van der Waals surface area contributed by atoms with Crippen LogP contribution in [0.2, 0.25) is 0 Å². The van der Waals surface area contributed by atoms with Crippen LogP contribution in [-0.4, -0.2) is 70.7 Å². The van der Waals surface area contributed by atoms with Gasteiger partial charge in [-0.2, -0.15) is 0 Å². The summed E-state index contributed by atoms with van der Waals surface area (Å²) in [6.45, 7) is 3.77. The predicted molar refractivity (Wildman–Crippen MR) is 137 cm³/mol. The second kappa shape index (κ2) is 9.30. The number of imidazole rings is 1. The monoisotopic (exact) mass is 501 g/mol. The number of benzene rings is 2. The number of aldehydes is 1. The van der Waals surface area contributed by atoms with E-state index < -0.39 is 6.04 Å². The summed E-state index contributed by atoms with van der Waals surface area (Å²) < 4.78 is 6.17. The molecule has 3 aliphatic rings. The lowest BCUT2D eigenvalue weighted by Gasteiger charge is -2.38. The minimum atomic E-state index is -0.665. The highest BCUT2D eigenvalue weighted by Gasteiger charge is 2.45. The molecule has 4 heterocycles. The van der Waals surface area contributed by atoms with Crippen LogP contribution in [0.15, 0.2) is 36.7 Å². The van der Waals surface area contributed by atoms with Crippen LogP contribution < -0.4 is 10.1 Å². The number of ether oxygens (including phenoxy) is 1. The molecule has 2 aromatic carbocycles. The molecule has 192 valence electrons. The van der Waals surface area contributed by atoms with Crippen molar-refractivity contribution in [3.05, 3.63) is 58.9 Å². The fourth-order valence-corrected chi connectivity index (χ4v) is 6.21. The van der Waals surface area contributed by atoms with Gasteiger partial charge in [0.2, 0.25) is 5.91 Å². The van der Waals surface area contributed by atoms with Crippen LogP contribution in [0, 0.1) is 0 Å². The van der Waals surface area contributed by atoms with Gasteiger partial charge in [0.05, 0.1) is 24.0 Å². The van der Waals surface area contributed by atoms with E-state index in [1.165, 1.54) is 11.1 Å². The number of nitrogens with one attached hydrogen (secondary N) is 2. The maximum atomic E-state index is 13.3. The number of carbonyl (C=O) groups excluding carboxylic acids is 3. The molecular formula is C28H31N5O4. The zero-order valence-electron chi connectivity index (χ0n) is 21.0. The lowest BCUT2D eigenvalue weighted by atomic mass is 9.74. The SMILES string of the molecule is CNC(=O)C(CCC=O)N1Cc2cc3c(cc2C1=O)OCC31CCN(Cc2cccc3[nH]cnc23)CC1. The summed E-state index contributed by atoms with van der Waals surface area (Å²) >= 11 is 0. The highest BCUT2D eigenvalue weighted by Crippen LogP contribution is 2.48. The molecule has 3 aliphatic heterocycles. The third-order valence-corrected chi connectivity index (χ3v) is 8.34. The van der Waals surface area contributed by atoms with Gasteiger partial charge in [-0.3, -0.25) is 14.5 Å². The normalized spacial score (nSPS) is 19.1. The van der Waals surface area contributed by atoms with Gasteiger partial charge in [0.1, 0.15) is 18.1 Å². The third kappa shape index (κ3) is 3.98. The summed E-state index contributed by atoms with van der Waals surface area (Å²) in [7, 11) is 1.55. The molecule has 2 amide bonds. The van der Waals surface area contributed by atoms with E-state index in [2.05, 4.69) is 38.4 Å². The van der Waals surface area contributed by atoms with E-state index in [9.17, 15) is 14.4 Å². The van der Waals surface area contributed by atoms with Crippen LogP contribution in [0.5, 0.6) is 5.75 Å². The molecule has 0 radical (unpaired) electrons. The highest BCUT2D eigenvalue weighted by molar-refractivity contribution is 6.01. The minimum absolute atomic E-state index is 0.0621. The van der Waals surface area contributed by atoms with Crippen LogP contribution in [-0.2, 0) is 28.1 Å². The Morgan fingerprint density at radius 2 is 2.14 bits per heavy atom. The number of aromatic nitrogens is 2. The van der Waals surface area contributed by atoms with E-state index in [0.717, 1.165) is 61.1 Å². The van der Waals surface area contributed by atoms with Crippen molar-refractivity contribution >= 4 is 29.1 Å². The van der Waals surface area contributed by atoms with Gasteiger partial charge in [0, 0.05) is 43.1 Å². The molecule has 2 N–H and O–H groups in total. The number of hydrogen-bond donors (Lipinski definition) is 2. The summed E-state index contributed by atoms with van der Waals surface area (Å²) in [5, 5.41) is 2.64. The molecule has 3 aromatic rings. The molecule has 1 atom stereocenters. The molecule has 0 bridgehead atoms. The number of piperidine rings is 1. The Bertz CT molecular complexity index is 1370. The molecule has 9 nitrogen and oxygen atoms in total. The number of para-hydroxylation sites is 1. The molecule has 1 unspecified atom stereocenters. The zero-order valence-corrected chi connectivity index (χ0v) is 21.0. The van der Waals surface area contributed by atoms with Crippen molar-refractivity contribution < 1.29 is 19.1 Å². The van der Waals surface area contributed by atoms with Gasteiger partial charge < -0.3 is 24.7 Å². The number of nitrogens with zero attached hydrogens (tertiary/aromatic N) is 3. The first-order chi connectivity index (χ1) is 18.0. The van der Waals surface area contributed by atoms with Gasteiger partial charge >= 0.3 is 0 Å². The first-order valence-electron chi connectivity index (χ1n) is 12.9. The van der Waals surface area contributed by atoms with Crippen molar-refractivity contribution in [1.29, 1.82) is 0 Å². The molecule has 6 rings (SSSR count). The molecule has 0 saturated carbocycles. The maximum absolute atomic E-state index is 13.3. The number of fused-ring (bicyclic) bond motifs is 4. The van der Waals surface area contributed by atoms with Gasteiger partial charge in [0.25, 0.3) is 5.91 Å². The summed E-state index contributed by atoms with van der Waals surface area (Å²) in [6.07, 6.45) is 5.03. The second-order valence-electron chi connectivity index (χ2n) is 10.4. The van der Waals surface area contributed by atoms with E-state index >= 15 is 0 Å². The van der Waals surface area contributed by atoms with E-state index in [1.54, 1.807) is 18.3 Å². The first-order valence-corrected chi connectivity index (χ1v) is 12.9. The lowest BCUT2D eigenvalue weighted by molar-refractivity contribution is -0.125. The van der Waals surface area contributed by atoms with Crippen LogP contribution in [0.1, 0.15) is 52.7 Å². The minimum Gasteiger partial charge on any atom is -0.492 e. The fraction of sp³-hybridized carbons (Fsp3) is 0.429. The predicted octanol–water partition coefficient (Wildman–Crippen LogP) is 2.54. The third-order valence-electron chi connectivity index (χ3n) is 8.34. The molecule has 37 heavy (non-hydrogen) atoms. The van der Waals surface area contributed by atoms with Crippen LogP contribution in [0.4, 0.5) is 0 Å². The van der Waals surface area contributed by atoms with Crippen molar-refractivity contribution in [2.75, 3.05) is 26.7 Å². The molecule has 1 spiro atoms. The lowest BCUT2D eigenvalue weighted by Crippen LogP contribution is -2.46. The second-order valence-corrected chi connectivity index (χ2v) is 10.4. The average Bonchev–Trinajstić information content (AvgIpc) is 3.62. The highest BCUT2D eigenvalue weighted by atomic mass is 16.5. The smallest absolute Gasteiger partial charge is 0.255 e. The number of aromatic amines is 1. The molecule has 0 aliphatic carbocycles. The Morgan fingerprint density at radius 1 is 1.30 bits per heavy atom. The molecule has 1 saturated heterocycles. The Balaban J connectivity index is 1.19. The quantitative estimate of drug-likeness (QED) is 0.482. The van der Waals surface area contributed by atoms with Gasteiger partial charge in [0.15, 0.2) is 0 Å². The van der Waals surface area contributed by atoms with Gasteiger partial charge in [-0.15, -0.1) is 0 Å². The largest absolute Gasteiger partial charge is 0.492 e. The first kappa shape index (κ1) is 23.7. The standard InChI is InChI=1S/C28H31N5O4/c1-29-26(35)23(6-3-11-34)33-15-19-12-21-24(13-20(19)27(33)36)37-16-28(21)7-9-32(10-8-28)14-18-4-2-5-22-25(18)31-17-30-22/h2,4-5,11-13,17,23H,3,6-10,14-16H2,1H3,(H,29,35)(H,30,31). The fourth-order valence-electron chi connectivity index (χ4n) is 6.21. The summed E-state index contributed by atoms with van der Waals surface area (Å²) in [5.41, 5.74) is 5.97. The molecule has 9 heteroatoms. The molecule has 1 fully saturated rings. The van der Waals surface area contributed by atoms with Crippen LogP contribution in [0.25, 0.3) is 11.0 Å². The van der Waals surface area contributed by atoms with Crippen molar-refractivity contribution in [2.45, 2.75) is 50.2 Å². The average molecular weight is 502 g/mol. The van der Waals surface area contributed by atoms with Gasteiger partial charge in [-0.1, -0.05) is 12.1 Å². The van der Waals surface area contributed by atoms with Crippen molar-refractivity contribution in [3.8, 4) is 5.75 Å². The number of rotatable bonds is 7. The van der Waals surface area contributed by atoms with E-state index in [-0.39, 0.29) is 23.7 Å². The van der Waals surface area contributed by atoms with E-state index in [0.29, 0.717) is 25.1 Å². The van der Waals surface area contributed by atoms with Crippen molar-refractivity contribution in [3.63, 3.8) is 0 Å². The summed E-state index contributed by atoms with van der Waals surface area (Å²) in [5.74, 6) is 0.360.